The zero-order valence-electron chi connectivity index (χ0n) is 12.7. The largest absolute Gasteiger partial charge is 0.380 e. The van der Waals surface area contributed by atoms with Crippen molar-refractivity contribution >= 4 is 0 Å². The number of nitrogens with zero attached hydrogens (tertiary/aromatic N) is 2. The average molecular weight is 277 g/mol. The molecule has 1 fully saturated rings. The molecule has 2 rings (SSSR count). The Labute approximate surface area is 122 Å². The molecule has 1 saturated heterocycles. The summed E-state index contributed by atoms with van der Waals surface area (Å²) in [6.07, 6.45) is 6.03. The van der Waals surface area contributed by atoms with Crippen LogP contribution >= 0.6 is 0 Å². The molecule has 1 aromatic heterocycles. The number of pyridine rings is 1. The first-order chi connectivity index (χ1) is 9.85. The highest BCUT2D eigenvalue weighted by Crippen LogP contribution is 2.17. The summed E-state index contributed by atoms with van der Waals surface area (Å²) >= 11 is 0. The van der Waals surface area contributed by atoms with Gasteiger partial charge in [-0.2, -0.15) is 0 Å². The number of nitrogens with one attached hydrogen (secondary N) is 1. The number of ether oxygens (including phenoxy) is 1. The molecule has 0 amide bonds. The van der Waals surface area contributed by atoms with Crippen molar-refractivity contribution in [2.75, 3.05) is 26.3 Å². The molecule has 0 radical (unpaired) electrons. The van der Waals surface area contributed by atoms with Gasteiger partial charge in [0.2, 0.25) is 0 Å². The lowest BCUT2D eigenvalue weighted by atomic mass is 10.0. The van der Waals surface area contributed by atoms with Gasteiger partial charge in [0, 0.05) is 37.6 Å². The van der Waals surface area contributed by atoms with E-state index in [0.29, 0.717) is 12.1 Å². The fourth-order valence-corrected chi connectivity index (χ4v) is 2.84. The maximum atomic E-state index is 5.72. The van der Waals surface area contributed by atoms with Gasteiger partial charge in [0.1, 0.15) is 0 Å². The van der Waals surface area contributed by atoms with Gasteiger partial charge in [-0.25, -0.2) is 0 Å². The fourth-order valence-electron chi connectivity index (χ4n) is 2.84. The van der Waals surface area contributed by atoms with Gasteiger partial charge in [0.05, 0.1) is 6.61 Å². The summed E-state index contributed by atoms with van der Waals surface area (Å²) in [6, 6.07) is 5.21. The summed E-state index contributed by atoms with van der Waals surface area (Å²) in [7, 11) is 0. The fraction of sp³-hybridized carbons (Fsp3) is 0.688. The second-order valence-corrected chi connectivity index (χ2v) is 5.41. The van der Waals surface area contributed by atoms with Gasteiger partial charge in [0.25, 0.3) is 0 Å². The zero-order valence-corrected chi connectivity index (χ0v) is 12.7. The summed E-state index contributed by atoms with van der Waals surface area (Å²) in [6.45, 7) is 9.26. The summed E-state index contributed by atoms with van der Waals surface area (Å²) in [5.41, 5.74) is 1.32. The summed E-state index contributed by atoms with van der Waals surface area (Å²) in [5.74, 6) is 0. The van der Waals surface area contributed by atoms with Gasteiger partial charge in [-0.1, -0.05) is 13.8 Å². The molecule has 1 N–H and O–H groups in total. The van der Waals surface area contributed by atoms with E-state index in [1.165, 1.54) is 12.0 Å². The van der Waals surface area contributed by atoms with Crippen molar-refractivity contribution in [3.63, 3.8) is 0 Å². The number of rotatable bonds is 7. The molecule has 0 bridgehead atoms. The minimum Gasteiger partial charge on any atom is -0.380 e. The smallest absolute Gasteiger partial charge is 0.0637 e. The third kappa shape index (κ3) is 4.27. The van der Waals surface area contributed by atoms with Crippen LogP contribution in [0.1, 0.15) is 32.3 Å². The Kier molecular flexibility index (Phi) is 6.43. The van der Waals surface area contributed by atoms with Crippen LogP contribution in [0.3, 0.4) is 0 Å². The average Bonchev–Trinajstić information content (AvgIpc) is 2.52. The maximum absolute atomic E-state index is 5.72. The van der Waals surface area contributed by atoms with Crippen LogP contribution in [0.2, 0.25) is 0 Å². The standard InChI is InChI=1S/C16H27N3O/c1-3-8-18-15-7-11-20-13-16(15)19(4-2)12-14-5-9-17-10-6-14/h5-6,9-10,15-16,18H,3-4,7-8,11-13H2,1-2H3. The normalized spacial score (nSPS) is 23.1. The molecule has 1 aliphatic heterocycles. The molecule has 20 heavy (non-hydrogen) atoms. The maximum Gasteiger partial charge on any atom is 0.0637 e. The molecule has 2 atom stereocenters. The van der Waals surface area contributed by atoms with Gasteiger partial charge >= 0.3 is 0 Å². The van der Waals surface area contributed by atoms with Crippen molar-refractivity contribution in [2.24, 2.45) is 0 Å². The SMILES string of the molecule is CCCNC1CCOCC1N(CC)Cc1ccncc1. The van der Waals surface area contributed by atoms with Crippen LogP contribution in [0.4, 0.5) is 0 Å². The molecule has 1 aromatic rings. The summed E-state index contributed by atoms with van der Waals surface area (Å²) < 4.78 is 5.72. The van der Waals surface area contributed by atoms with Gasteiger partial charge in [-0.15, -0.1) is 0 Å². The first-order valence-electron chi connectivity index (χ1n) is 7.79. The Hall–Kier alpha value is -0.970. The molecule has 1 aliphatic rings. The van der Waals surface area contributed by atoms with Crippen LogP contribution in [0.5, 0.6) is 0 Å². The molecule has 0 spiro atoms. The summed E-state index contributed by atoms with van der Waals surface area (Å²) in [4.78, 5) is 6.61. The lowest BCUT2D eigenvalue weighted by Crippen LogP contribution is -2.55. The monoisotopic (exact) mass is 277 g/mol. The molecule has 4 heteroatoms. The Morgan fingerprint density at radius 2 is 2.15 bits per heavy atom. The number of aromatic nitrogens is 1. The highest BCUT2D eigenvalue weighted by molar-refractivity contribution is 5.10. The van der Waals surface area contributed by atoms with E-state index in [2.05, 4.69) is 41.2 Å². The highest BCUT2D eigenvalue weighted by Gasteiger charge is 2.29. The van der Waals surface area contributed by atoms with Crippen LogP contribution in [-0.2, 0) is 11.3 Å². The second kappa shape index (κ2) is 8.35. The van der Waals surface area contributed by atoms with E-state index in [-0.39, 0.29) is 0 Å². The Morgan fingerprint density at radius 1 is 1.35 bits per heavy atom. The van der Waals surface area contributed by atoms with Crippen LogP contribution in [0.15, 0.2) is 24.5 Å². The molecular formula is C16H27N3O. The first kappa shape index (κ1) is 15.4. The van der Waals surface area contributed by atoms with Crippen LogP contribution in [0, 0.1) is 0 Å². The minimum absolute atomic E-state index is 0.466. The number of likely N-dealkylation sites (N-methyl/N-ethyl adjacent to an activating group) is 1. The Bertz CT molecular complexity index is 371. The van der Waals surface area contributed by atoms with E-state index < -0.39 is 0 Å². The van der Waals surface area contributed by atoms with Gasteiger partial charge in [0.15, 0.2) is 0 Å². The van der Waals surface area contributed by atoms with E-state index >= 15 is 0 Å². The van der Waals surface area contributed by atoms with Crippen molar-refractivity contribution in [2.45, 2.75) is 45.3 Å². The van der Waals surface area contributed by atoms with Crippen LogP contribution in [-0.4, -0.2) is 48.3 Å². The lowest BCUT2D eigenvalue weighted by molar-refractivity contribution is -0.00447. The van der Waals surface area contributed by atoms with Gasteiger partial charge in [-0.05, 0) is 43.6 Å². The van der Waals surface area contributed by atoms with Crippen LogP contribution in [0.25, 0.3) is 0 Å². The molecule has 2 unspecified atom stereocenters. The second-order valence-electron chi connectivity index (χ2n) is 5.41. The van der Waals surface area contributed by atoms with Crippen molar-refractivity contribution in [3.05, 3.63) is 30.1 Å². The van der Waals surface area contributed by atoms with E-state index in [4.69, 9.17) is 4.74 Å². The predicted octanol–water partition coefficient (Wildman–Crippen LogP) is 2.06. The molecule has 112 valence electrons. The third-order valence-electron chi connectivity index (χ3n) is 3.99. The topological polar surface area (TPSA) is 37.4 Å². The Balaban J connectivity index is 1.99. The first-order valence-corrected chi connectivity index (χ1v) is 7.79. The predicted molar refractivity (Wildman–Crippen MR) is 81.6 cm³/mol. The molecular weight excluding hydrogens is 250 g/mol. The minimum atomic E-state index is 0.466. The third-order valence-corrected chi connectivity index (χ3v) is 3.99. The van der Waals surface area contributed by atoms with E-state index in [1.54, 1.807) is 0 Å². The number of hydrogen-bond donors (Lipinski definition) is 1. The molecule has 0 aromatic carbocycles. The molecule has 0 saturated carbocycles. The quantitative estimate of drug-likeness (QED) is 0.828. The van der Waals surface area contributed by atoms with Crippen molar-refractivity contribution in [1.29, 1.82) is 0 Å². The molecule has 4 nitrogen and oxygen atoms in total. The van der Waals surface area contributed by atoms with Crippen LogP contribution < -0.4 is 5.32 Å². The zero-order chi connectivity index (χ0) is 14.2. The molecule has 2 heterocycles. The number of hydrogen-bond acceptors (Lipinski definition) is 4. The summed E-state index contributed by atoms with van der Waals surface area (Å²) in [5, 5.41) is 3.69. The lowest BCUT2D eigenvalue weighted by Gasteiger charge is -2.40. The van der Waals surface area contributed by atoms with Crippen molar-refractivity contribution in [1.82, 2.24) is 15.2 Å². The highest BCUT2D eigenvalue weighted by atomic mass is 16.5. The van der Waals surface area contributed by atoms with E-state index in [1.807, 2.05) is 12.4 Å². The van der Waals surface area contributed by atoms with Gasteiger partial charge < -0.3 is 10.1 Å². The van der Waals surface area contributed by atoms with Crippen molar-refractivity contribution < 1.29 is 4.74 Å². The molecule has 0 aliphatic carbocycles. The van der Waals surface area contributed by atoms with Gasteiger partial charge in [-0.3, -0.25) is 9.88 Å². The van der Waals surface area contributed by atoms with Crippen molar-refractivity contribution in [3.8, 4) is 0 Å². The Morgan fingerprint density at radius 3 is 2.85 bits per heavy atom. The van der Waals surface area contributed by atoms with E-state index in [0.717, 1.165) is 39.3 Å². The van der Waals surface area contributed by atoms with E-state index in [9.17, 15) is 0 Å².